The van der Waals surface area contributed by atoms with E-state index in [1.807, 2.05) is 0 Å². The quantitative estimate of drug-likeness (QED) is 0.0228. The van der Waals surface area contributed by atoms with E-state index in [1.165, 1.54) is 161 Å². The molecule has 0 aromatic carbocycles. The van der Waals surface area contributed by atoms with Gasteiger partial charge < -0.3 is 39.0 Å². The van der Waals surface area contributed by atoms with E-state index in [0.717, 1.165) is 83.5 Å². The lowest BCUT2D eigenvalue weighted by molar-refractivity contribution is -0.301. The van der Waals surface area contributed by atoms with E-state index < -0.39 is 67.3 Å². The van der Waals surface area contributed by atoms with Gasteiger partial charge in [0, 0.05) is 19.3 Å². The number of rotatable bonds is 55. The van der Waals surface area contributed by atoms with Crippen LogP contribution in [0.3, 0.4) is 0 Å². The normalized spacial score (nSPS) is 18.2. The van der Waals surface area contributed by atoms with Crippen LogP contribution in [0.25, 0.3) is 0 Å². The van der Waals surface area contributed by atoms with Crippen LogP contribution in [0.4, 0.5) is 0 Å². The average molecular weight is 1090 g/mol. The molecule has 0 aromatic rings. The van der Waals surface area contributed by atoms with Crippen LogP contribution in [0.1, 0.15) is 303 Å². The van der Waals surface area contributed by atoms with Crippen LogP contribution in [0.5, 0.6) is 0 Å². The molecule has 0 aromatic heterocycles. The van der Waals surface area contributed by atoms with Crippen molar-refractivity contribution < 1.29 is 58.2 Å². The summed E-state index contributed by atoms with van der Waals surface area (Å²) in [6.45, 7) is 5.99. The summed E-state index contributed by atoms with van der Waals surface area (Å²) in [7, 11) is 0. The van der Waals surface area contributed by atoms with Gasteiger partial charge in [-0.2, -0.15) is 0 Å². The highest BCUT2D eigenvalue weighted by atomic mass is 16.7. The van der Waals surface area contributed by atoms with Gasteiger partial charge >= 0.3 is 23.9 Å². The Kier molecular flexibility index (Phi) is 50.1. The number of ether oxygens (including phenoxy) is 5. The summed E-state index contributed by atoms with van der Waals surface area (Å²) in [4.78, 5) is 51.2. The van der Waals surface area contributed by atoms with Crippen LogP contribution in [-0.2, 0) is 42.9 Å². The van der Waals surface area contributed by atoms with Crippen LogP contribution in [0.15, 0.2) is 36.5 Å². The van der Waals surface area contributed by atoms with Gasteiger partial charge in [0.2, 0.25) is 0 Å². The number of hydrogen-bond donors (Lipinski definition) is 3. The minimum absolute atomic E-state index is 0.0476. The number of aliphatic hydroxyl groups is 2. The molecule has 1 heterocycles. The SMILES string of the molecule is CCCCC/C=C\C/C=C\CCCCCCCC(=O)OC1C(OCC(COC(=O)CCCCCCCCCCC/C=C\CCCCCCCC)OC(=O)CCCCCCCCCCCCCCC)OC(C(=O)O)C(O)C1O. The number of hydrogen-bond acceptors (Lipinski definition) is 11. The van der Waals surface area contributed by atoms with Crippen molar-refractivity contribution in [3.05, 3.63) is 36.5 Å². The Morgan fingerprint density at radius 2 is 0.779 bits per heavy atom. The molecule has 1 aliphatic heterocycles. The predicted molar refractivity (Wildman–Crippen MR) is 313 cm³/mol. The van der Waals surface area contributed by atoms with Gasteiger partial charge in [0.05, 0.1) is 6.61 Å². The summed E-state index contributed by atoms with van der Waals surface area (Å²) < 4.78 is 28.5. The highest BCUT2D eigenvalue weighted by molar-refractivity contribution is 5.74. The Morgan fingerprint density at radius 1 is 0.429 bits per heavy atom. The Bertz CT molecular complexity index is 1480. The van der Waals surface area contributed by atoms with Crippen molar-refractivity contribution >= 4 is 23.9 Å². The molecule has 0 spiro atoms. The second-order valence-electron chi connectivity index (χ2n) is 22.0. The van der Waals surface area contributed by atoms with Crippen molar-refractivity contribution in [1.29, 1.82) is 0 Å². The minimum Gasteiger partial charge on any atom is -0.479 e. The Morgan fingerprint density at radius 3 is 1.21 bits per heavy atom. The molecule has 448 valence electrons. The molecule has 3 N–H and O–H groups in total. The third-order valence-electron chi connectivity index (χ3n) is 14.7. The van der Waals surface area contributed by atoms with Crippen molar-refractivity contribution in [1.82, 2.24) is 0 Å². The molecule has 12 nitrogen and oxygen atoms in total. The van der Waals surface area contributed by atoms with Gasteiger partial charge in [-0.15, -0.1) is 0 Å². The minimum atomic E-state index is -1.90. The number of allylic oxidation sites excluding steroid dienone is 6. The lowest BCUT2D eigenvalue weighted by atomic mass is 9.98. The summed E-state index contributed by atoms with van der Waals surface area (Å²) in [6, 6.07) is 0. The summed E-state index contributed by atoms with van der Waals surface area (Å²) in [5, 5.41) is 31.5. The highest BCUT2D eigenvalue weighted by Gasteiger charge is 2.50. The van der Waals surface area contributed by atoms with Gasteiger partial charge in [-0.05, 0) is 77.0 Å². The number of carboxylic acid groups (broad SMARTS) is 1. The maximum Gasteiger partial charge on any atom is 0.335 e. The Balaban J connectivity index is 2.64. The summed E-state index contributed by atoms with van der Waals surface area (Å²) in [6.07, 6.45) is 51.0. The first-order chi connectivity index (χ1) is 37.6. The third-order valence-corrected chi connectivity index (χ3v) is 14.7. The number of aliphatic hydroxyl groups excluding tert-OH is 2. The molecule has 1 aliphatic rings. The van der Waals surface area contributed by atoms with E-state index in [4.69, 9.17) is 23.7 Å². The molecule has 77 heavy (non-hydrogen) atoms. The van der Waals surface area contributed by atoms with E-state index in [-0.39, 0.29) is 25.9 Å². The van der Waals surface area contributed by atoms with Crippen molar-refractivity contribution in [2.75, 3.05) is 13.2 Å². The molecule has 0 radical (unpaired) electrons. The van der Waals surface area contributed by atoms with E-state index >= 15 is 0 Å². The maximum absolute atomic E-state index is 13.2. The van der Waals surface area contributed by atoms with E-state index in [9.17, 15) is 34.5 Å². The van der Waals surface area contributed by atoms with Gasteiger partial charge in [0.25, 0.3) is 0 Å². The van der Waals surface area contributed by atoms with Crippen molar-refractivity contribution in [3.8, 4) is 0 Å². The first-order valence-electron chi connectivity index (χ1n) is 32.0. The van der Waals surface area contributed by atoms with E-state index in [2.05, 4.69) is 57.2 Å². The molecule has 1 fully saturated rings. The maximum atomic E-state index is 13.2. The molecule has 12 heteroatoms. The smallest absolute Gasteiger partial charge is 0.335 e. The molecule has 1 rings (SSSR count). The standard InChI is InChI=1S/C65H116O12/c1-4-7-10-13-16-19-22-25-27-28-29-30-32-34-36-39-42-45-48-51-57(66)73-54-56(75-58(67)52-49-46-43-40-37-33-24-21-18-15-12-9-6-3)55-74-65-63(61(70)60(69)62(77-65)64(71)72)76-59(68)53-50-47-44-41-38-35-31-26-23-20-17-14-11-8-5-2/h17,20,25-27,31,56,60-63,65,69-70H,4-16,18-19,21-24,28-30,32-55H2,1-3H3,(H,71,72)/b20-17-,27-25-,31-26-. The molecule has 6 unspecified atom stereocenters. The van der Waals surface area contributed by atoms with Gasteiger partial charge in [-0.3, -0.25) is 14.4 Å². The predicted octanol–water partition coefficient (Wildman–Crippen LogP) is 16.8. The van der Waals surface area contributed by atoms with Crippen LogP contribution in [0, 0.1) is 0 Å². The fraction of sp³-hybridized carbons (Fsp3) is 0.846. The monoisotopic (exact) mass is 1090 g/mol. The zero-order valence-corrected chi connectivity index (χ0v) is 49.5. The Hall–Kier alpha value is -3.06. The number of carbonyl (C=O) groups is 4. The molecular formula is C65H116O12. The van der Waals surface area contributed by atoms with Crippen molar-refractivity contribution in [2.45, 2.75) is 340 Å². The van der Waals surface area contributed by atoms with Gasteiger partial charge in [0.1, 0.15) is 18.8 Å². The Labute approximate surface area is 470 Å². The zero-order chi connectivity index (χ0) is 56.1. The number of aliphatic carboxylic acids is 1. The zero-order valence-electron chi connectivity index (χ0n) is 49.5. The van der Waals surface area contributed by atoms with Crippen LogP contribution in [0.2, 0.25) is 0 Å². The van der Waals surface area contributed by atoms with Crippen LogP contribution >= 0.6 is 0 Å². The molecule has 0 aliphatic carbocycles. The average Bonchev–Trinajstić information content (AvgIpc) is 3.42. The third kappa shape index (κ3) is 43.4. The number of unbranched alkanes of at least 4 members (excludes halogenated alkanes) is 35. The summed E-state index contributed by atoms with van der Waals surface area (Å²) >= 11 is 0. The summed E-state index contributed by atoms with van der Waals surface area (Å²) in [5.74, 6) is -3.11. The van der Waals surface area contributed by atoms with Gasteiger partial charge in [-0.1, -0.05) is 243 Å². The molecule has 6 atom stereocenters. The topological polar surface area (TPSA) is 175 Å². The lowest BCUT2D eigenvalue weighted by Gasteiger charge is -2.40. The van der Waals surface area contributed by atoms with Gasteiger partial charge in [-0.25, -0.2) is 4.79 Å². The number of esters is 3. The molecule has 0 saturated carbocycles. The first-order valence-corrected chi connectivity index (χ1v) is 32.0. The van der Waals surface area contributed by atoms with Crippen LogP contribution < -0.4 is 0 Å². The summed E-state index contributed by atoms with van der Waals surface area (Å²) in [5.41, 5.74) is 0. The van der Waals surface area contributed by atoms with E-state index in [0.29, 0.717) is 19.3 Å². The van der Waals surface area contributed by atoms with Crippen LogP contribution in [-0.4, -0.2) is 89.2 Å². The molecule has 0 amide bonds. The first kappa shape index (κ1) is 72.0. The second kappa shape index (κ2) is 53.6. The number of carboxylic acids is 1. The van der Waals surface area contributed by atoms with E-state index in [1.54, 1.807) is 0 Å². The second-order valence-corrected chi connectivity index (χ2v) is 22.0. The lowest BCUT2D eigenvalue weighted by Crippen LogP contribution is -2.61. The highest BCUT2D eigenvalue weighted by Crippen LogP contribution is 2.27. The fourth-order valence-corrected chi connectivity index (χ4v) is 9.75. The fourth-order valence-electron chi connectivity index (χ4n) is 9.75. The molecular weight excluding hydrogens is 973 g/mol. The molecule has 0 bridgehead atoms. The molecule has 1 saturated heterocycles. The number of carbonyl (C=O) groups excluding carboxylic acids is 3. The largest absolute Gasteiger partial charge is 0.479 e. The van der Waals surface area contributed by atoms with Gasteiger partial charge in [0.15, 0.2) is 24.6 Å². The van der Waals surface area contributed by atoms with Crippen molar-refractivity contribution in [2.24, 2.45) is 0 Å². The van der Waals surface area contributed by atoms with Crippen molar-refractivity contribution in [3.63, 3.8) is 0 Å².